The molecular formula is C8H16N2O. The fourth-order valence-corrected chi connectivity index (χ4v) is 1.90. The smallest absolute Gasteiger partial charge is 0.312 e. The molecule has 0 aliphatic heterocycles. The lowest BCUT2D eigenvalue weighted by molar-refractivity contribution is 0.241. The quantitative estimate of drug-likeness (QED) is 0.620. The van der Waals surface area contributed by atoms with E-state index in [1.807, 2.05) is 0 Å². The maximum atomic E-state index is 10.5. The van der Waals surface area contributed by atoms with Crippen LogP contribution in [-0.4, -0.2) is 12.1 Å². The van der Waals surface area contributed by atoms with Crippen LogP contribution in [0.15, 0.2) is 0 Å². The second-order valence-corrected chi connectivity index (χ2v) is 3.21. The molecule has 0 aromatic carbocycles. The zero-order chi connectivity index (χ0) is 8.27. The Kier molecular flexibility index (Phi) is 2.74. The summed E-state index contributed by atoms with van der Waals surface area (Å²) in [5.74, 6) is 0.655. The first-order valence-electron chi connectivity index (χ1n) is 4.30. The van der Waals surface area contributed by atoms with E-state index in [0.29, 0.717) is 12.0 Å². The normalized spacial score (nSPS) is 30.3. The lowest BCUT2D eigenvalue weighted by atomic mass is 10.0. The van der Waals surface area contributed by atoms with Crippen molar-refractivity contribution in [3.8, 4) is 0 Å². The standard InChI is InChI=1S/C8H16N2O/c1-2-6-4-3-5-7(6)10-8(9)11/h6-7H,2-5H2,1H3,(H3,9,10,11). The number of rotatable bonds is 2. The maximum absolute atomic E-state index is 10.5. The summed E-state index contributed by atoms with van der Waals surface area (Å²) < 4.78 is 0. The summed E-state index contributed by atoms with van der Waals surface area (Å²) in [6.07, 6.45) is 4.71. The predicted molar refractivity (Wildman–Crippen MR) is 44.1 cm³/mol. The zero-order valence-electron chi connectivity index (χ0n) is 6.97. The van der Waals surface area contributed by atoms with Gasteiger partial charge in [0.1, 0.15) is 0 Å². The van der Waals surface area contributed by atoms with Gasteiger partial charge in [-0.3, -0.25) is 0 Å². The van der Waals surface area contributed by atoms with Gasteiger partial charge in [0.05, 0.1) is 0 Å². The highest BCUT2D eigenvalue weighted by atomic mass is 16.2. The molecule has 64 valence electrons. The van der Waals surface area contributed by atoms with Crippen LogP contribution in [0.5, 0.6) is 0 Å². The van der Waals surface area contributed by atoms with Crippen molar-refractivity contribution in [3.63, 3.8) is 0 Å². The van der Waals surface area contributed by atoms with Gasteiger partial charge in [0.15, 0.2) is 0 Å². The molecule has 0 heterocycles. The average molecular weight is 156 g/mol. The van der Waals surface area contributed by atoms with Gasteiger partial charge in [-0.25, -0.2) is 4.79 Å². The van der Waals surface area contributed by atoms with Crippen molar-refractivity contribution < 1.29 is 4.79 Å². The molecule has 0 aromatic heterocycles. The fourth-order valence-electron chi connectivity index (χ4n) is 1.90. The van der Waals surface area contributed by atoms with Crippen molar-refractivity contribution >= 4 is 6.03 Å². The maximum Gasteiger partial charge on any atom is 0.312 e. The Hall–Kier alpha value is -0.730. The molecule has 2 atom stereocenters. The second-order valence-electron chi connectivity index (χ2n) is 3.21. The van der Waals surface area contributed by atoms with E-state index >= 15 is 0 Å². The molecule has 0 aromatic rings. The summed E-state index contributed by atoms with van der Waals surface area (Å²) >= 11 is 0. The molecule has 0 saturated heterocycles. The monoisotopic (exact) mass is 156 g/mol. The molecule has 11 heavy (non-hydrogen) atoms. The third kappa shape index (κ3) is 2.10. The van der Waals surface area contributed by atoms with E-state index in [1.165, 1.54) is 12.8 Å². The van der Waals surface area contributed by atoms with Gasteiger partial charge in [0.25, 0.3) is 0 Å². The van der Waals surface area contributed by atoms with Gasteiger partial charge < -0.3 is 11.1 Å². The molecule has 2 amide bonds. The van der Waals surface area contributed by atoms with E-state index in [-0.39, 0.29) is 6.03 Å². The number of carbonyl (C=O) groups is 1. The van der Waals surface area contributed by atoms with Crippen molar-refractivity contribution in [1.29, 1.82) is 0 Å². The highest BCUT2D eigenvalue weighted by molar-refractivity contribution is 5.72. The van der Waals surface area contributed by atoms with Crippen molar-refractivity contribution in [2.75, 3.05) is 0 Å². The van der Waals surface area contributed by atoms with Crippen LogP contribution in [0.25, 0.3) is 0 Å². The van der Waals surface area contributed by atoms with Crippen LogP contribution in [0, 0.1) is 5.92 Å². The van der Waals surface area contributed by atoms with Gasteiger partial charge in [-0.05, 0) is 18.8 Å². The third-order valence-corrected chi connectivity index (χ3v) is 2.51. The number of urea groups is 1. The summed E-state index contributed by atoms with van der Waals surface area (Å²) in [6, 6.07) is -0.0344. The van der Waals surface area contributed by atoms with Gasteiger partial charge in [0, 0.05) is 6.04 Å². The van der Waals surface area contributed by atoms with Crippen LogP contribution in [0.4, 0.5) is 4.79 Å². The minimum absolute atomic E-state index is 0.345. The van der Waals surface area contributed by atoms with E-state index in [9.17, 15) is 4.79 Å². The van der Waals surface area contributed by atoms with Crippen LogP contribution in [-0.2, 0) is 0 Å². The Balaban J connectivity index is 2.37. The molecule has 0 spiro atoms. The fraction of sp³-hybridized carbons (Fsp3) is 0.875. The Bertz CT molecular complexity index is 147. The summed E-state index contributed by atoms with van der Waals surface area (Å²) in [4.78, 5) is 10.5. The highest BCUT2D eigenvalue weighted by Crippen LogP contribution is 2.27. The molecule has 1 saturated carbocycles. The molecular weight excluding hydrogens is 140 g/mol. The topological polar surface area (TPSA) is 55.1 Å². The Morgan fingerprint density at radius 1 is 1.64 bits per heavy atom. The largest absolute Gasteiger partial charge is 0.352 e. The van der Waals surface area contributed by atoms with Gasteiger partial charge in [0.2, 0.25) is 0 Å². The minimum atomic E-state index is -0.379. The van der Waals surface area contributed by atoms with E-state index < -0.39 is 0 Å². The number of nitrogens with one attached hydrogen (secondary N) is 1. The molecule has 1 aliphatic carbocycles. The highest BCUT2D eigenvalue weighted by Gasteiger charge is 2.25. The van der Waals surface area contributed by atoms with Gasteiger partial charge in [-0.2, -0.15) is 0 Å². The number of amides is 2. The van der Waals surface area contributed by atoms with E-state index in [4.69, 9.17) is 5.73 Å². The SMILES string of the molecule is CCC1CCCC1NC(N)=O. The predicted octanol–water partition coefficient (Wildman–Crippen LogP) is 1.23. The van der Waals surface area contributed by atoms with Crippen LogP contribution >= 0.6 is 0 Å². The van der Waals surface area contributed by atoms with Gasteiger partial charge in [-0.15, -0.1) is 0 Å². The van der Waals surface area contributed by atoms with E-state index in [0.717, 1.165) is 12.8 Å². The zero-order valence-corrected chi connectivity index (χ0v) is 6.97. The number of hydrogen-bond donors (Lipinski definition) is 2. The first kappa shape index (κ1) is 8.37. The molecule has 1 rings (SSSR count). The Morgan fingerprint density at radius 2 is 2.36 bits per heavy atom. The van der Waals surface area contributed by atoms with Crippen LogP contribution in [0.1, 0.15) is 32.6 Å². The number of nitrogens with two attached hydrogens (primary N) is 1. The lowest BCUT2D eigenvalue weighted by Crippen LogP contribution is -2.40. The first-order valence-corrected chi connectivity index (χ1v) is 4.30. The van der Waals surface area contributed by atoms with Crippen molar-refractivity contribution in [1.82, 2.24) is 5.32 Å². The second kappa shape index (κ2) is 3.60. The van der Waals surface area contributed by atoms with Crippen LogP contribution < -0.4 is 11.1 Å². The molecule has 1 fully saturated rings. The average Bonchev–Trinajstić information content (AvgIpc) is 2.34. The Morgan fingerprint density at radius 3 is 2.91 bits per heavy atom. The summed E-state index contributed by atoms with van der Waals surface area (Å²) in [5, 5.41) is 2.78. The van der Waals surface area contributed by atoms with Crippen LogP contribution in [0.3, 0.4) is 0 Å². The van der Waals surface area contributed by atoms with Gasteiger partial charge >= 0.3 is 6.03 Å². The van der Waals surface area contributed by atoms with Crippen molar-refractivity contribution in [3.05, 3.63) is 0 Å². The number of carbonyl (C=O) groups excluding carboxylic acids is 1. The summed E-state index contributed by atoms with van der Waals surface area (Å²) in [6.45, 7) is 2.16. The number of hydrogen-bond acceptors (Lipinski definition) is 1. The summed E-state index contributed by atoms with van der Waals surface area (Å²) in [5.41, 5.74) is 5.04. The summed E-state index contributed by atoms with van der Waals surface area (Å²) in [7, 11) is 0. The van der Waals surface area contributed by atoms with Gasteiger partial charge in [-0.1, -0.05) is 19.8 Å². The van der Waals surface area contributed by atoms with Crippen LogP contribution in [0.2, 0.25) is 0 Å². The molecule has 3 N–H and O–H groups in total. The first-order chi connectivity index (χ1) is 5.24. The van der Waals surface area contributed by atoms with Crippen molar-refractivity contribution in [2.24, 2.45) is 11.7 Å². The van der Waals surface area contributed by atoms with E-state index in [2.05, 4.69) is 12.2 Å². The van der Waals surface area contributed by atoms with E-state index in [1.54, 1.807) is 0 Å². The Labute approximate surface area is 67.3 Å². The molecule has 1 aliphatic rings. The van der Waals surface area contributed by atoms with Crippen molar-refractivity contribution in [2.45, 2.75) is 38.6 Å². The molecule has 3 heteroatoms. The molecule has 3 nitrogen and oxygen atoms in total. The minimum Gasteiger partial charge on any atom is -0.352 e. The molecule has 0 radical (unpaired) electrons. The molecule has 2 unspecified atom stereocenters. The number of primary amides is 1. The molecule has 0 bridgehead atoms. The third-order valence-electron chi connectivity index (χ3n) is 2.51. The lowest BCUT2D eigenvalue weighted by Gasteiger charge is -2.17.